The third-order valence-electron chi connectivity index (χ3n) is 2.51. The van der Waals surface area contributed by atoms with Crippen LogP contribution in [0.3, 0.4) is 0 Å². The molecule has 1 heteroatoms. The molecule has 0 spiro atoms. The number of hydrogen-bond acceptors (Lipinski definition) is 1. The lowest BCUT2D eigenvalue weighted by molar-refractivity contribution is 0.0662. The van der Waals surface area contributed by atoms with Crippen LogP contribution in [0.4, 0.5) is 0 Å². The highest BCUT2D eigenvalue weighted by molar-refractivity contribution is 5.18. The summed E-state index contributed by atoms with van der Waals surface area (Å²) in [6.45, 7) is 7.25. The molecular weight excluding hydrogens is 172 g/mol. The molecule has 0 amide bonds. The van der Waals surface area contributed by atoms with E-state index in [0.29, 0.717) is 12.0 Å². The van der Waals surface area contributed by atoms with Crippen LogP contribution in [0.15, 0.2) is 30.3 Å². The molecule has 1 rings (SSSR count). The van der Waals surface area contributed by atoms with Crippen molar-refractivity contribution >= 4 is 0 Å². The average Bonchev–Trinajstić information content (AvgIpc) is 2.19. The standard InChI is InChI=1S/C13H20O/c1-4-14-12(3)10-11(2)13-8-6-5-7-9-13/h5-9,11-12H,4,10H2,1-3H3. The van der Waals surface area contributed by atoms with Gasteiger partial charge in [0.1, 0.15) is 0 Å². The largest absolute Gasteiger partial charge is 0.379 e. The Labute approximate surface area is 87.1 Å². The molecule has 0 aromatic heterocycles. The van der Waals surface area contributed by atoms with Gasteiger partial charge in [-0.15, -0.1) is 0 Å². The van der Waals surface area contributed by atoms with Crippen molar-refractivity contribution < 1.29 is 4.74 Å². The number of ether oxygens (including phenoxy) is 1. The number of benzene rings is 1. The van der Waals surface area contributed by atoms with Gasteiger partial charge < -0.3 is 4.74 Å². The SMILES string of the molecule is CCOC(C)CC(C)c1ccccc1. The average molecular weight is 192 g/mol. The first-order valence-corrected chi connectivity index (χ1v) is 5.40. The second kappa shape index (κ2) is 5.82. The number of rotatable bonds is 5. The molecule has 14 heavy (non-hydrogen) atoms. The van der Waals surface area contributed by atoms with Crippen molar-refractivity contribution in [3.63, 3.8) is 0 Å². The molecular formula is C13H20O. The predicted molar refractivity (Wildman–Crippen MR) is 60.6 cm³/mol. The van der Waals surface area contributed by atoms with Crippen molar-refractivity contribution in [2.45, 2.75) is 39.2 Å². The Morgan fingerprint density at radius 3 is 2.36 bits per heavy atom. The van der Waals surface area contributed by atoms with Crippen LogP contribution in [-0.4, -0.2) is 12.7 Å². The topological polar surface area (TPSA) is 9.23 Å². The molecule has 0 saturated carbocycles. The Kier molecular flexibility index (Phi) is 4.68. The van der Waals surface area contributed by atoms with Gasteiger partial charge in [0.15, 0.2) is 0 Å². The van der Waals surface area contributed by atoms with Gasteiger partial charge in [-0.3, -0.25) is 0 Å². The van der Waals surface area contributed by atoms with Gasteiger partial charge in [-0.05, 0) is 31.7 Å². The van der Waals surface area contributed by atoms with Gasteiger partial charge in [-0.1, -0.05) is 37.3 Å². The van der Waals surface area contributed by atoms with E-state index >= 15 is 0 Å². The minimum Gasteiger partial charge on any atom is -0.379 e. The Bertz CT molecular complexity index is 243. The maximum Gasteiger partial charge on any atom is 0.0552 e. The van der Waals surface area contributed by atoms with Crippen LogP contribution >= 0.6 is 0 Å². The van der Waals surface area contributed by atoms with Gasteiger partial charge in [0.2, 0.25) is 0 Å². The van der Waals surface area contributed by atoms with Gasteiger partial charge in [0.05, 0.1) is 6.10 Å². The van der Waals surface area contributed by atoms with Crippen LogP contribution in [0.1, 0.15) is 38.7 Å². The van der Waals surface area contributed by atoms with Crippen LogP contribution < -0.4 is 0 Å². The Balaban J connectivity index is 2.46. The second-order valence-electron chi connectivity index (χ2n) is 3.81. The fraction of sp³-hybridized carbons (Fsp3) is 0.538. The molecule has 0 N–H and O–H groups in total. The van der Waals surface area contributed by atoms with E-state index in [1.807, 2.05) is 6.92 Å². The van der Waals surface area contributed by atoms with E-state index in [0.717, 1.165) is 13.0 Å². The van der Waals surface area contributed by atoms with Crippen molar-refractivity contribution in [1.82, 2.24) is 0 Å². The third-order valence-corrected chi connectivity index (χ3v) is 2.51. The molecule has 78 valence electrons. The van der Waals surface area contributed by atoms with Gasteiger partial charge >= 0.3 is 0 Å². The number of hydrogen-bond donors (Lipinski definition) is 0. The lowest BCUT2D eigenvalue weighted by Gasteiger charge is -2.17. The Hall–Kier alpha value is -0.820. The van der Waals surface area contributed by atoms with Gasteiger partial charge in [0, 0.05) is 6.61 Å². The molecule has 1 aromatic rings. The smallest absolute Gasteiger partial charge is 0.0552 e. The molecule has 0 saturated heterocycles. The first-order chi connectivity index (χ1) is 6.74. The third kappa shape index (κ3) is 3.51. The van der Waals surface area contributed by atoms with Gasteiger partial charge in [-0.2, -0.15) is 0 Å². The molecule has 0 aliphatic carbocycles. The van der Waals surface area contributed by atoms with Crippen molar-refractivity contribution in [3.8, 4) is 0 Å². The van der Waals surface area contributed by atoms with Crippen LogP contribution in [0.5, 0.6) is 0 Å². The summed E-state index contributed by atoms with van der Waals surface area (Å²) in [4.78, 5) is 0. The lowest BCUT2D eigenvalue weighted by Crippen LogP contribution is -2.11. The zero-order valence-corrected chi connectivity index (χ0v) is 9.36. The monoisotopic (exact) mass is 192 g/mol. The summed E-state index contributed by atoms with van der Waals surface area (Å²) in [6.07, 6.45) is 1.45. The van der Waals surface area contributed by atoms with E-state index in [9.17, 15) is 0 Å². The van der Waals surface area contributed by atoms with Gasteiger partial charge in [0.25, 0.3) is 0 Å². The summed E-state index contributed by atoms with van der Waals surface area (Å²) in [5.74, 6) is 0.581. The molecule has 0 aliphatic rings. The highest BCUT2D eigenvalue weighted by Crippen LogP contribution is 2.21. The Morgan fingerprint density at radius 2 is 1.79 bits per heavy atom. The van der Waals surface area contributed by atoms with Crippen molar-refractivity contribution in [1.29, 1.82) is 0 Å². The van der Waals surface area contributed by atoms with Crippen molar-refractivity contribution in [3.05, 3.63) is 35.9 Å². The normalized spacial score (nSPS) is 15.1. The highest BCUT2D eigenvalue weighted by Gasteiger charge is 2.09. The van der Waals surface area contributed by atoms with Crippen LogP contribution in [0, 0.1) is 0 Å². The van der Waals surface area contributed by atoms with Crippen LogP contribution in [0.2, 0.25) is 0 Å². The molecule has 0 fully saturated rings. The minimum atomic E-state index is 0.357. The van der Waals surface area contributed by atoms with E-state index in [1.54, 1.807) is 0 Å². The molecule has 2 unspecified atom stereocenters. The zero-order chi connectivity index (χ0) is 10.4. The summed E-state index contributed by atoms with van der Waals surface area (Å²) in [5.41, 5.74) is 1.40. The Morgan fingerprint density at radius 1 is 1.14 bits per heavy atom. The molecule has 1 nitrogen and oxygen atoms in total. The van der Waals surface area contributed by atoms with Crippen molar-refractivity contribution in [2.24, 2.45) is 0 Å². The maximum atomic E-state index is 5.53. The first kappa shape index (κ1) is 11.3. The summed E-state index contributed by atoms with van der Waals surface area (Å²) in [6, 6.07) is 10.6. The van der Waals surface area contributed by atoms with Crippen molar-refractivity contribution in [2.75, 3.05) is 6.61 Å². The highest BCUT2D eigenvalue weighted by atomic mass is 16.5. The van der Waals surface area contributed by atoms with E-state index in [4.69, 9.17) is 4.74 Å². The second-order valence-corrected chi connectivity index (χ2v) is 3.81. The lowest BCUT2D eigenvalue weighted by atomic mass is 9.95. The summed E-state index contributed by atoms with van der Waals surface area (Å²) in [5, 5.41) is 0. The minimum absolute atomic E-state index is 0.357. The fourth-order valence-corrected chi connectivity index (χ4v) is 1.77. The van der Waals surface area contributed by atoms with E-state index in [2.05, 4.69) is 44.2 Å². The van der Waals surface area contributed by atoms with E-state index in [-0.39, 0.29) is 0 Å². The molecule has 0 heterocycles. The van der Waals surface area contributed by atoms with Crippen LogP contribution in [-0.2, 0) is 4.74 Å². The molecule has 1 aromatic carbocycles. The zero-order valence-electron chi connectivity index (χ0n) is 9.36. The summed E-state index contributed by atoms with van der Waals surface area (Å²) < 4.78 is 5.53. The quantitative estimate of drug-likeness (QED) is 0.692. The summed E-state index contributed by atoms with van der Waals surface area (Å²) in [7, 11) is 0. The first-order valence-electron chi connectivity index (χ1n) is 5.40. The molecule has 0 radical (unpaired) electrons. The predicted octanol–water partition coefficient (Wildman–Crippen LogP) is 3.61. The molecule has 0 aliphatic heterocycles. The van der Waals surface area contributed by atoms with E-state index in [1.165, 1.54) is 5.56 Å². The fourth-order valence-electron chi connectivity index (χ4n) is 1.77. The maximum absolute atomic E-state index is 5.53. The van der Waals surface area contributed by atoms with E-state index < -0.39 is 0 Å². The molecule has 2 atom stereocenters. The van der Waals surface area contributed by atoms with Crippen LogP contribution in [0.25, 0.3) is 0 Å². The summed E-state index contributed by atoms with van der Waals surface area (Å²) >= 11 is 0. The van der Waals surface area contributed by atoms with Gasteiger partial charge in [-0.25, -0.2) is 0 Å². The molecule has 0 bridgehead atoms.